The fraction of sp³-hybridized carbons (Fsp3) is 0.133. The highest BCUT2D eigenvalue weighted by molar-refractivity contribution is 6.26. The summed E-state index contributed by atoms with van der Waals surface area (Å²) in [4.78, 5) is 37.2. The van der Waals surface area contributed by atoms with Gasteiger partial charge in [0.25, 0.3) is 11.8 Å². The van der Waals surface area contributed by atoms with Crippen LogP contribution in [-0.4, -0.2) is 41.5 Å². The fourth-order valence-corrected chi connectivity index (χ4v) is 2.59. The molecule has 23 heavy (non-hydrogen) atoms. The molecule has 0 fully saturated rings. The molecule has 0 spiro atoms. The number of methoxy groups -OCH3 is 1. The minimum Gasteiger partial charge on any atom is -0.733 e. The third-order valence-corrected chi connectivity index (χ3v) is 3.65. The van der Waals surface area contributed by atoms with E-state index in [1.165, 1.54) is 18.2 Å². The van der Waals surface area contributed by atoms with Crippen LogP contribution in [0.3, 0.4) is 0 Å². The molecule has 0 aromatic heterocycles. The first-order valence-electron chi connectivity index (χ1n) is 6.60. The molecule has 0 atom stereocenters. The van der Waals surface area contributed by atoms with Crippen molar-refractivity contribution in [1.29, 1.82) is 0 Å². The van der Waals surface area contributed by atoms with Crippen LogP contribution in [0.2, 0.25) is 0 Å². The summed E-state index contributed by atoms with van der Waals surface area (Å²) >= 11 is 0. The zero-order chi connectivity index (χ0) is 16.7. The van der Waals surface area contributed by atoms with E-state index in [0.717, 1.165) is 12.0 Å². The summed E-state index contributed by atoms with van der Waals surface area (Å²) in [5.74, 6) is -2.09. The standard InChI is InChI=1S/C15H11N2O6/c1-23-12(18)7-16-14(19)10-4-2-3-8-5-9(17(21)22)6-11(13(8)10)15(16)20/h2-6,21H,7H2,1H3/q-1. The number of carbonyl (C=O) groups excluding carboxylic acids is 3. The Bertz CT molecular complexity index is 845. The van der Waals surface area contributed by atoms with Crippen LogP contribution in [0.4, 0.5) is 5.69 Å². The van der Waals surface area contributed by atoms with Crippen molar-refractivity contribution in [2.24, 2.45) is 0 Å². The van der Waals surface area contributed by atoms with Gasteiger partial charge in [-0.15, -0.1) is 0 Å². The van der Waals surface area contributed by atoms with Gasteiger partial charge < -0.3 is 15.2 Å². The van der Waals surface area contributed by atoms with Crippen LogP contribution in [0.5, 0.6) is 0 Å². The van der Waals surface area contributed by atoms with Crippen LogP contribution >= 0.6 is 0 Å². The van der Waals surface area contributed by atoms with Crippen molar-refractivity contribution in [2.75, 3.05) is 18.9 Å². The molecule has 2 aromatic carbocycles. The van der Waals surface area contributed by atoms with Crippen molar-refractivity contribution in [2.45, 2.75) is 0 Å². The number of amides is 2. The van der Waals surface area contributed by atoms with Crippen LogP contribution in [0.15, 0.2) is 30.3 Å². The number of anilines is 1. The first kappa shape index (κ1) is 14.9. The van der Waals surface area contributed by atoms with Gasteiger partial charge in [0, 0.05) is 10.9 Å². The number of nitrogens with zero attached hydrogens (tertiary/aromatic N) is 2. The van der Waals surface area contributed by atoms with Crippen LogP contribution in [0.1, 0.15) is 20.7 Å². The molecule has 0 saturated carbocycles. The molecular weight excluding hydrogens is 304 g/mol. The van der Waals surface area contributed by atoms with E-state index in [4.69, 9.17) is 5.21 Å². The SMILES string of the molecule is COC(=O)CN1C(=O)c2cccc3cc(N([O-])O)cc(c23)C1=O. The molecule has 1 aliphatic rings. The Hall–Kier alpha value is -2.97. The van der Waals surface area contributed by atoms with Crippen LogP contribution in [-0.2, 0) is 9.53 Å². The summed E-state index contributed by atoms with van der Waals surface area (Å²) in [7, 11) is 1.15. The molecule has 8 heteroatoms. The monoisotopic (exact) mass is 315 g/mol. The molecule has 2 aromatic rings. The molecule has 1 N–H and O–H groups in total. The average molecular weight is 315 g/mol. The highest BCUT2D eigenvalue weighted by Gasteiger charge is 2.34. The number of benzene rings is 2. The van der Waals surface area contributed by atoms with E-state index in [1.807, 2.05) is 0 Å². The van der Waals surface area contributed by atoms with Gasteiger partial charge in [0.2, 0.25) is 0 Å². The van der Waals surface area contributed by atoms with Crippen LogP contribution in [0.25, 0.3) is 10.8 Å². The third-order valence-electron chi connectivity index (χ3n) is 3.65. The van der Waals surface area contributed by atoms with E-state index in [9.17, 15) is 19.6 Å². The molecule has 0 unspecified atom stereocenters. The minimum absolute atomic E-state index is 0.0616. The van der Waals surface area contributed by atoms with Gasteiger partial charge in [0.05, 0.1) is 18.4 Å². The number of imide groups is 1. The maximum absolute atomic E-state index is 12.5. The van der Waals surface area contributed by atoms with E-state index in [1.54, 1.807) is 12.1 Å². The van der Waals surface area contributed by atoms with Gasteiger partial charge in [-0.2, -0.15) is 0 Å². The Balaban J connectivity index is 2.23. The van der Waals surface area contributed by atoms with Gasteiger partial charge in [-0.1, -0.05) is 12.1 Å². The first-order chi connectivity index (χ1) is 10.9. The minimum atomic E-state index is -0.744. The van der Waals surface area contributed by atoms with E-state index in [2.05, 4.69) is 4.74 Å². The fourth-order valence-electron chi connectivity index (χ4n) is 2.59. The number of esters is 1. The number of hydrogen-bond donors (Lipinski definition) is 1. The second-order valence-corrected chi connectivity index (χ2v) is 4.94. The molecule has 118 valence electrons. The van der Waals surface area contributed by atoms with E-state index >= 15 is 0 Å². The summed E-state index contributed by atoms with van der Waals surface area (Å²) in [5, 5.41) is 20.7. The maximum Gasteiger partial charge on any atom is 0.325 e. The van der Waals surface area contributed by atoms with Gasteiger partial charge >= 0.3 is 5.97 Å². The molecule has 0 radical (unpaired) electrons. The summed E-state index contributed by atoms with van der Waals surface area (Å²) in [6.07, 6.45) is 0. The second kappa shape index (κ2) is 5.34. The molecule has 1 heterocycles. The lowest BCUT2D eigenvalue weighted by Crippen LogP contribution is -2.43. The van der Waals surface area contributed by atoms with Crippen molar-refractivity contribution in [3.05, 3.63) is 46.7 Å². The topological polar surface area (TPSA) is 110 Å². The van der Waals surface area contributed by atoms with Crippen molar-refractivity contribution >= 4 is 34.2 Å². The van der Waals surface area contributed by atoms with Gasteiger partial charge in [0.1, 0.15) is 6.54 Å². The number of rotatable bonds is 3. The Labute approximate surface area is 130 Å². The number of ether oxygens (including phenoxy) is 1. The lowest BCUT2D eigenvalue weighted by molar-refractivity contribution is -0.140. The Morgan fingerprint density at radius 3 is 2.61 bits per heavy atom. The first-order valence-corrected chi connectivity index (χ1v) is 6.60. The second-order valence-electron chi connectivity index (χ2n) is 4.94. The van der Waals surface area contributed by atoms with Gasteiger partial charge in [0.15, 0.2) is 0 Å². The van der Waals surface area contributed by atoms with Gasteiger partial charge in [-0.05, 0) is 23.6 Å². The average Bonchev–Trinajstić information content (AvgIpc) is 2.55. The zero-order valence-electron chi connectivity index (χ0n) is 12.0. The Kier molecular flexibility index (Phi) is 3.47. The molecule has 0 bridgehead atoms. The molecule has 2 amide bonds. The number of hydrogen-bond acceptors (Lipinski definition) is 7. The molecule has 1 aliphatic heterocycles. The highest BCUT2D eigenvalue weighted by atomic mass is 16.8. The zero-order valence-corrected chi connectivity index (χ0v) is 12.0. The summed E-state index contributed by atoms with van der Waals surface area (Å²) in [5.41, 5.74) is 0.153. The predicted octanol–water partition coefficient (Wildman–Crippen LogP) is 1.30. The lowest BCUT2D eigenvalue weighted by Gasteiger charge is -2.28. The van der Waals surface area contributed by atoms with Crippen molar-refractivity contribution in [1.82, 2.24) is 4.90 Å². The summed E-state index contributed by atoms with van der Waals surface area (Å²) in [6.45, 7) is -0.533. The van der Waals surface area contributed by atoms with E-state index < -0.39 is 24.3 Å². The molecule has 3 rings (SSSR count). The number of carbonyl (C=O) groups is 3. The summed E-state index contributed by atoms with van der Waals surface area (Å²) < 4.78 is 4.49. The summed E-state index contributed by atoms with van der Waals surface area (Å²) in [6, 6.07) is 7.27. The van der Waals surface area contributed by atoms with E-state index in [-0.39, 0.29) is 22.0 Å². The Morgan fingerprint density at radius 2 is 1.96 bits per heavy atom. The van der Waals surface area contributed by atoms with Crippen LogP contribution < -0.4 is 5.23 Å². The van der Waals surface area contributed by atoms with Crippen molar-refractivity contribution in [3.8, 4) is 0 Å². The highest BCUT2D eigenvalue weighted by Crippen LogP contribution is 2.33. The van der Waals surface area contributed by atoms with Crippen LogP contribution in [0, 0.1) is 5.21 Å². The molecule has 8 nitrogen and oxygen atoms in total. The lowest BCUT2D eigenvalue weighted by atomic mass is 9.93. The normalized spacial score (nSPS) is 13.4. The smallest absolute Gasteiger partial charge is 0.325 e. The maximum atomic E-state index is 12.5. The quantitative estimate of drug-likeness (QED) is 0.516. The molecular formula is C15H11N2O6-. The van der Waals surface area contributed by atoms with Crippen molar-refractivity contribution < 1.29 is 24.3 Å². The van der Waals surface area contributed by atoms with Gasteiger partial charge in [-0.25, -0.2) is 0 Å². The van der Waals surface area contributed by atoms with Gasteiger partial charge in [-0.3, -0.25) is 24.5 Å². The Morgan fingerprint density at radius 1 is 1.26 bits per heavy atom. The molecule has 0 aliphatic carbocycles. The third kappa shape index (κ3) is 2.30. The largest absolute Gasteiger partial charge is 0.733 e. The predicted molar refractivity (Wildman–Crippen MR) is 79.0 cm³/mol. The van der Waals surface area contributed by atoms with E-state index in [0.29, 0.717) is 10.8 Å². The molecule has 0 saturated heterocycles. The van der Waals surface area contributed by atoms with Crippen molar-refractivity contribution in [3.63, 3.8) is 0 Å².